The van der Waals surface area contributed by atoms with Crippen LogP contribution in [0.5, 0.6) is 0 Å². The molecule has 0 radical (unpaired) electrons. The second-order valence-electron chi connectivity index (χ2n) is 6.45. The molecule has 2 aromatic rings. The summed E-state index contributed by atoms with van der Waals surface area (Å²) in [6.45, 7) is 8.55. The first-order valence-corrected chi connectivity index (χ1v) is 9.16. The van der Waals surface area contributed by atoms with Crippen LogP contribution in [0.15, 0.2) is 41.4 Å². The molecule has 0 atom stereocenters. The lowest BCUT2D eigenvalue weighted by Gasteiger charge is -2.12. The Morgan fingerprint density at radius 3 is 2.36 bits per heavy atom. The van der Waals surface area contributed by atoms with Gasteiger partial charge in [0.1, 0.15) is 5.70 Å². The molecular formula is C20H24N2O2S. The van der Waals surface area contributed by atoms with Crippen molar-refractivity contribution in [3.05, 3.63) is 63.0 Å². The van der Waals surface area contributed by atoms with Gasteiger partial charge in [-0.15, -0.1) is 11.3 Å². The van der Waals surface area contributed by atoms with Crippen LogP contribution in [-0.2, 0) is 4.79 Å². The fourth-order valence-electron chi connectivity index (χ4n) is 2.11. The number of hydrogen-bond acceptors (Lipinski definition) is 3. The zero-order valence-corrected chi connectivity index (χ0v) is 15.9. The Bertz CT molecular complexity index is 773. The van der Waals surface area contributed by atoms with E-state index in [-0.39, 0.29) is 17.5 Å². The van der Waals surface area contributed by atoms with Crippen molar-refractivity contribution in [1.82, 2.24) is 10.6 Å². The summed E-state index contributed by atoms with van der Waals surface area (Å²) in [6.07, 6.45) is 1.74. The minimum absolute atomic E-state index is 0.261. The first-order valence-electron chi connectivity index (χ1n) is 8.29. The fourth-order valence-corrected chi connectivity index (χ4v) is 2.97. The Morgan fingerprint density at radius 1 is 1.12 bits per heavy atom. The highest BCUT2D eigenvalue weighted by Gasteiger charge is 2.15. The molecule has 0 aliphatic carbocycles. The first-order chi connectivity index (χ1) is 11.9. The van der Waals surface area contributed by atoms with Gasteiger partial charge in [-0.2, -0.15) is 0 Å². The molecule has 0 fully saturated rings. The number of hydrogen-bond donors (Lipinski definition) is 2. The summed E-state index contributed by atoms with van der Waals surface area (Å²) >= 11 is 1.54. The lowest BCUT2D eigenvalue weighted by Crippen LogP contribution is -2.36. The van der Waals surface area contributed by atoms with Crippen LogP contribution >= 0.6 is 11.3 Å². The number of carbonyl (C=O) groups is 2. The van der Waals surface area contributed by atoms with Crippen molar-refractivity contribution in [3.63, 3.8) is 0 Å². The summed E-state index contributed by atoms with van der Waals surface area (Å²) in [7, 11) is 0. The molecule has 4 nitrogen and oxygen atoms in total. The molecule has 0 spiro atoms. The van der Waals surface area contributed by atoms with E-state index >= 15 is 0 Å². The van der Waals surface area contributed by atoms with Crippen LogP contribution in [0.25, 0.3) is 6.08 Å². The van der Waals surface area contributed by atoms with Gasteiger partial charge in [-0.3, -0.25) is 9.59 Å². The monoisotopic (exact) mass is 356 g/mol. The zero-order valence-electron chi connectivity index (χ0n) is 15.1. The number of rotatable bonds is 6. The maximum absolute atomic E-state index is 12.5. The van der Waals surface area contributed by atoms with Crippen LogP contribution in [0.2, 0.25) is 0 Å². The lowest BCUT2D eigenvalue weighted by molar-refractivity contribution is -0.117. The van der Waals surface area contributed by atoms with Crippen molar-refractivity contribution in [3.8, 4) is 0 Å². The molecule has 0 saturated heterocycles. The molecule has 2 N–H and O–H groups in total. The Hall–Kier alpha value is -2.40. The molecular weight excluding hydrogens is 332 g/mol. The van der Waals surface area contributed by atoms with Gasteiger partial charge >= 0.3 is 0 Å². The van der Waals surface area contributed by atoms with Gasteiger partial charge in [-0.05, 0) is 55.0 Å². The molecule has 0 bridgehead atoms. The summed E-state index contributed by atoms with van der Waals surface area (Å²) < 4.78 is 0. The third-order valence-electron chi connectivity index (χ3n) is 3.65. The van der Waals surface area contributed by atoms with Crippen LogP contribution in [0, 0.1) is 19.8 Å². The second kappa shape index (κ2) is 8.62. The maximum Gasteiger partial charge on any atom is 0.267 e. The van der Waals surface area contributed by atoms with Crippen molar-refractivity contribution in [1.29, 1.82) is 0 Å². The van der Waals surface area contributed by atoms with E-state index in [1.54, 1.807) is 18.2 Å². The van der Waals surface area contributed by atoms with Crippen LogP contribution in [-0.4, -0.2) is 18.4 Å². The Morgan fingerprint density at radius 2 is 1.80 bits per heavy atom. The number of nitrogens with one attached hydrogen (secondary N) is 2. The molecule has 1 aromatic heterocycles. The molecule has 1 aromatic carbocycles. The van der Waals surface area contributed by atoms with Gasteiger partial charge in [0.2, 0.25) is 0 Å². The van der Waals surface area contributed by atoms with Gasteiger partial charge in [-0.1, -0.05) is 31.5 Å². The summed E-state index contributed by atoms with van der Waals surface area (Å²) in [5, 5.41) is 7.59. The standard InChI is InChI=1S/C20H24N2O2S/c1-13(2)12-21-20(24)17(11-18-15(4)9-10-25-18)22-19(23)16-7-5-14(3)6-8-16/h5-11,13H,12H2,1-4H3,(H,21,24)(H,22,23)/b17-11+. The number of benzene rings is 1. The minimum Gasteiger partial charge on any atom is -0.351 e. The highest BCUT2D eigenvalue weighted by atomic mass is 32.1. The highest BCUT2D eigenvalue weighted by molar-refractivity contribution is 7.11. The third-order valence-corrected chi connectivity index (χ3v) is 4.62. The van der Waals surface area contributed by atoms with E-state index in [1.165, 1.54) is 11.3 Å². The Kier molecular flexibility index (Phi) is 6.53. The highest BCUT2D eigenvalue weighted by Crippen LogP contribution is 2.19. The summed E-state index contributed by atoms with van der Waals surface area (Å²) in [5.41, 5.74) is 2.94. The molecule has 2 amide bonds. The van der Waals surface area contributed by atoms with Gasteiger partial charge in [0, 0.05) is 17.0 Å². The normalized spacial score (nSPS) is 11.5. The van der Waals surface area contributed by atoms with E-state index in [2.05, 4.69) is 10.6 Å². The molecule has 1 heterocycles. The molecule has 5 heteroatoms. The Labute approximate surface area is 153 Å². The summed E-state index contributed by atoms with van der Waals surface area (Å²) in [6, 6.07) is 9.25. The van der Waals surface area contributed by atoms with Gasteiger partial charge in [0.25, 0.3) is 11.8 Å². The van der Waals surface area contributed by atoms with Crippen molar-refractivity contribution in [2.75, 3.05) is 6.54 Å². The van der Waals surface area contributed by atoms with Crippen molar-refractivity contribution >= 4 is 29.2 Å². The van der Waals surface area contributed by atoms with E-state index in [0.29, 0.717) is 18.0 Å². The molecule has 0 saturated carbocycles. The SMILES string of the molecule is Cc1ccc(C(=O)N/C(=C/c2sccc2C)C(=O)NCC(C)C)cc1. The summed E-state index contributed by atoms with van der Waals surface area (Å²) in [4.78, 5) is 26.0. The second-order valence-corrected chi connectivity index (χ2v) is 7.40. The van der Waals surface area contributed by atoms with Crippen molar-refractivity contribution < 1.29 is 9.59 Å². The van der Waals surface area contributed by atoms with Gasteiger partial charge in [0.05, 0.1) is 0 Å². The van der Waals surface area contributed by atoms with E-state index in [9.17, 15) is 9.59 Å². The average molecular weight is 356 g/mol. The average Bonchev–Trinajstić information content (AvgIpc) is 2.97. The topological polar surface area (TPSA) is 58.2 Å². The molecule has 0 aliphatic rings. The van der Waals surface area contributed by atoms with E-state index < -0.39 is 0 Å². The van der Waals surface area contributed by atoms with Crippen LogP contribution < -0.4 is 10.6 Å². The molecule has 0 unspecified atom stereocenters. The van der Waals surface area contributed by atoms with E-state index in [1.807, 2.05) is 51.3 Å². The largest absolute Gasteiger partial charge is 0.351 e. The predicted octanol–water partition coefficient (Wildman–Crippen LogP) is 3.91. The Balaban J connectivity index is 2.23. The predicted molar refractivity (Wildman–Crippen MR) is 104 cm³/mol. The van der Waals surface area contributed by atoms with Crippen molar-refractivity contribution in [2.45, 2.75) is 27.7 Å². The van der Waals surface area contributed by atoms with Gasteiger partial charge < -0.3 is 10.6 Å². The molecule has 2 rings (SSSR count). The minimum atomic E-state index is -0.292. The number of aryl methyl sites for hydroxylation is 2. The van der Waals surface area contributed by atoms with Gasteiger partial charge in [-0.25, -0.2) is 0 Å². The molecule has 25 heavy (non-hydrogen) atoms. The number of thiophene rings is 1. The smallest absolute Gasteiger partial charge is 0.267 e. The lowest BCUT2D eigenvalue weighted by atomic mass is 10.1. The number of carbonyl (C=O) groups excluding carboxylic acids is 2. The fraction of sp³-hybridized carbons (Fsp3) is 0.300. The molecule has 0 aliphatic heterocycles. The summed E-state index contributed by atoms with van der Waals surface area (Å²) in [5.74, 6) is -0.233. The maximum atomic E-state index is 12.5. The van der Waals surface area contributed by atoms with Crippen molar-refractivity contribution in [2.24, 2.45) is 5.92 Å². The number of amides is 2. The molecule has 132 valence electrons. The zero-order chi connectivity index (χ0) is 18.4. The van der Waals surface area contributed by atoms with Gasteiger partial charge in [0.15, 0.2) is 0 Å². The third kappa shape index (κ3) is 5.57. The first kappa shape index (κ1) is 18.9. The van der Waals surface area contributed by atoms with E-state index in [4.69, 9.17) is 0 Å². The van der Waals surface area contributed by atoms with Crippen LogP contribution in [0.4, 0.5) is 0 Å². The van der Waals surface area contributed by atoms with Crippen LogP contribution in [0.1, 0.15) is 40.2 Å². The quantitative estimate of drug-likeness (QED) is 0.771. The van der Waals surface area contributed by atoms with Crippen LogP contribution in [0.3, 0.4) is 0 Å². The van der Waals surface area contributed by atoms with E-state index in [0.717, 1.165) is 16.0 Å².